The number of hydrogen-bond donors (Lipinski definition) is 1. The molecule has 0 amide bonds. The third kappa shape index (κ3) is 7.80. The Morgan fingerprint density at radius 3 is 1.73 bits per heavy atom. The summed E-state index contributed by atoms with van der Waals surface area (Å²) in [6.45, 7) is 14.8. The molecule has 15 heavy (non-hydrogen) atoms. The molecule has 0 saturated heterocycles. The van der Waals surface area contributed by atoms with Gasteiger partial charge in [-0.2, -0.15) is 0 Å². The second-order valence-electron chi connectivity index (χ2n) is 5.52. The fourth-order valence-electron chi connectivity index (χ4n) is 1.97. The predicted molar refractivity (Wildman–Crippen MR) is 69.0 cm³/mol. The lowest BCUT2D eigenvalue weighted by molar-refractivity contribution is 0.158. The highest BCUT2D eigenvalue weighted by molar-refractivity contribution is 4.70. The molecule has 0 aliphatic carbocycles. The first kappa shape index (κ1) is 14.9. The summed E-state index contributed by atoms with van der Waals surface area (Å²) in [5.41, 5.74) is 5.56. The molecular weight excluding hydrogens is 184 g/mol. The van der Waals surface area contributed by atoms with E-state index in [-0.39, 0.29) is 0 Å². The minimum Gasteiger partial charge on any atom is -0.330 e. The quantitative estimate of drug-likeness (QED) is 0.673. The Morgan fingerprint density at radius 1 is 0.933 bits per heavy atom. The third-order valence-corrected chi connectivity index (χ3v) is 2.65. The zero-order valence-corrected chi connectivity index (χ0v) is 11.3. The number of rotatable bonds is 8. The zero-order chi connectivity index (χ0) is 11.8. The molecule has 2 N–H and O–H groups in total. The van der Waals surface area contributed by atoms with Crippen LogP contribution in [0.15, 0.2) is 0 Å². The smallest absolute Gasteiger partial charge is 0.00676 e. The molecule has 0 aliphatic rings. The van der Waals surface area contributed by atoms with Crippen molar-refractivity contribution < 1.29 is 0 Å². The molecule has 0 spiro atoms. The van der Waals surface area contributed by atoms with Crippen LogP contribution in [0.4, 0.5) is 0 Å². The molecule has 0 aliphatic heterocycles. The lowest BCUT2D eigenvalue weighted by atomic mass is 10.1. The fraction of sp³-hybridized carbons (Fsp3) is 1.00. The summed E-state index contributed by atoms with van der Waals surface area (Å²) in [6, 6.07) is 0.679. The van der Waals surface area contributed by atoms with Gasteiger partial charge in [0.05, 0.1) is 0 Å². The Hall–Kier alpha value is -0.0800. The molecule has 0 heterocycles. The van der Waals surface area contributed by atoms with Crippen molar-refractivity contribution in [3.63, 3.8) is 0 Å². The van der Waals surface area contributed by atoms with Gasteiger partial charge in [0.2, 0.25) is 0 Å². The Kier molecular flexibility index (Phi) is 8.07. The molecule has 0 aromatic heterocycles. The largest absolute Gasteiger partial charge is 0.330 e. The van der Waals surface area contributed by atoms with E-state index in [1.54, 1.807) is 0 Å². The molecule has 1 unspecified atom stereocenters. The van der Waals surface area contributed by atoms with E-state index in [4.69, 9.17) is 5.73 Å². The van der Waals surface area contributed by atoms with Crippen LogP contribution in [0.2, 0.25) is 0 Å². The van der Waals surface area contributed by atoms with E-state index in [9.17, 15) is 0 Å². The highest BCUT2D eigenvalue weighted by Crippen LogP contribution is 2.11. The van der Waals surface area contributed by atoms with Crippen molar-refractivity contribution in [2.24, 2.45) is 17.6 Å². The van der Waals surface area contributed by atoms with E-state index in [0.29, 0.717) is 6.04 Å². The predicted octanol–water partition coefficient (Wildman–Crippen LogP) is 2.73. The summed E-state index contributed by atoms with van der Waals surface area (Å²) in [6.07, 6.45) is 2.38. The van der Waals surface area contributed by atoms with Crippen molar-refractivity contribution >= 4 is 0 Å². The number of hydrogen-bond acceptors (Lipinski definition) is 2. The molecular formula is C13H30N2. The lowest BCUT2D eigenvalue weighted by Gasteiger charge is -2.32. The Morgan fingerprint density at radius 2 is 1.40 bits per heavy atom. The van der Waals surface area contributed by atoms with Crippen LogP contribution in [0.1, 0.15) is 47.5 Å². The van der Waals surface area contributed by atoms with Gasteiger partial charge in [0.15, 0.2) is 0 Å². The van der Waals surface area contributed by atoms with Crippen LogP contribution in [0, 0.1) is 11.8 Å². The maximum absolute atomic E-state index is 5.56. The minimum atomic E-state index is 0.679. The molecule has 0 bridgehead atoms. The lowest BCUT2D eigenvalue weighted by Crippen LogP contribution is -2.38. The van der Waals surface area contributed by atoms with E-state index in [2.05, 4.69) is 39.5 Å². The Labute approximate surface area is 96.2 Å². The first-order valence-corrected chi connectivity index (χ1v) is 6.41. The first-order chi connectivity index (χ1) is 6.97. The molecule has 0 rings (SSSR count). The van der Waals surface area contributed by atoms with Gasteiger partial charge in [-0.25, -0.2) is 0 Å². The van der Waals surface area contributed by atoms with E-state index >= 15 is 0 Å². The maximum atomic E-state index is 5.56. The van der Waals surface area contributed by atoms with Crippen molar-refractivity contribution in [2.45, 2.75) is 53.5 Å². The Balaban J connectivity index is 4.07. The number of nitrogens with two attached hydrogens (primary N) is 1. The summed E-state index contributed by atoms with van der Waals surface area (Å²) in [5, 5.41) is 0. The van der Waals surface area contributed by atoms with Crippen molar-refractivity contribution in [1.29, 1.82) is 0 Å². The van der Waals surface area contributed by atoms with Gasteiger partial charge >= 0.3 is 0 Å². The molecule has 1 atom stereocenters. The average molecular weight is 214 g/mol. The highest BCUT2D eigenvalue weighted by Gasteiger charge is 2.15. The summed E-state index contributed by atoms with van der Waals surface area (Å²) in [4.78, 5) is 2.62. The van der Waals surface area contributed by atoms with Crippen molar-refractivity contribution in [1.82, 2.24) is 4.90 Å². The molecule has 92 valence electrons. The van der Waals surface area contributed by atoms with Crippen LogP contribution in [-0.2, 0) is 0 Å². The van der Waals surface area contributed by atoms with Crippen LogP contribution in [0.25, 0.3) is 0 Å². The summed E-state index contributed by atoms with van der Waals surface area (Å²) in [5.74, 6) is 1.51. The van der Waals surface area contributed by atoms with Crippen molar-refractivity contribution in [3.05, 3.63) is 0 Å². The van der Waals surface area contributed by atoms with Gasteiger partial charge in [-0.15, -0.1) is 0 Å². The molecule has 0 aromatic carbocycles. The van der Waals surface area contributed by atoms with Crippen LogP contribution in [-0.4, -0.2) is 30.6 Å². The average Bonchev–Trinajstić information content (AvgIpc) is 2.11. The van der Waals surface area contributed by atoms with Gasteiger partial charge in [-0.05, 0) is 38.1 Å². The molecule has 0 aromatic rings. The third-order valence-electron chi connectivity index (χ3n) is 2.65. The maximum Gasteiger partial charge on any atom is 0.00676 e. The summed E-state index contributed by atoms with van der Waals surface area (Å²) < 4.78 is 0. The van der Waals surface area contributed by atoms with Gasteiger partial charge in [-0.1, -0.05) is 27.7 Å². The van der Waals surface area contributed by atoms with Crippen LogP contribution in [0.5, 0.6) is 0 Å². The molecule has 2 nitrogen and oxygen atoms in total. The molecule has 0 radical (unpaired) electrons. The number of nitrogens with zero attached hydrogens (tertiary/aromatic N) is 1. The Bertz CT molecular complexity index is 133. The van der Waals surface area contributed by atoms with Crippen LogP contribution in [0.3, 0.4) is 0 Å². The monoisotopic (exact) mass is 214 g/mol. The molecule has 2 heteroatoms. The van der Waals surface area contributed by atoms with E-state index in [1.807, 2.05) is 0 Å². The second kappa shape index (κ2) is 8.12. The minimum absolute atomic E-state index is 0.679. The summed E-state index contributed by atoms with van der Waals surface area (Å²) in [7, 11) is 0. The van der Waals surface area contributed by atoms with Crippen LogP contribution < -0.4 is 5.73 Å². The summed E-state index contributed by atoms with van der Waals surface area (Å²) >= 11 is 0. The first-order valence-electron chi connectivity index (χ1n) is 6.41. The van der Waals surface area contributed by atoms with E-state index < -0.39 is 0 Å². The highest BCUT2D eigenvalue weighted by atomic mass is 15.1. The van der Waals surface area contributed by atoms with Gasteiger partial charge in [0.25, 0.3) is 0 Å². The van der Waals surface area contributed by atoms with Gasteiger partial charge in [0, 0.05) is 19.1 Å². The SMILES string of the molecule is CC(C)CN(CC(C)C)C(C)CCCN. The fourth-order valence-corrected chi connectivity index (χ4v) is 1.97. The van der Waals surface area contributed by atoms with Gasteiger partial charge in [-0.3, -0.25) is 0 Å². The normalized spacial score (nSPS) is 14.2. The second-order valence-corrected chi connectivity index (χ2v) is 5.52. The molecule has 0 fully saturated rings. The van der Waals surface area contributed by atoms with Gasteiger partial charge < -0.3 is 10.6 Å². The molecule has 0 saturated carbocycles. The van der Waals surface area contributed by atoms with E-state index in [0.717, 1.165) is 24.8 Å². The van der Waals surface area contributed by atoms with E-state index in [1.165, 1.54) is 19.5 Å². The van der Waals surface area contributed by atoms with Crippen molar-refractivity contribution in [3.8, 4) is 0 Å². The zero-order valence-electron chi connectivity index (χ0n) is 11.3. The standard InChI is InChI=1S/C13H30N2/c1-11(2)9-15(10-12(3)4)13(5)7-6-8-14/h11-13H,6-10,14H2,1-5H3. The van der Waals surface area contributed by atoms with Crippen molar-refractivity contribution in [2.75, 3.05) is 19.6 Å². The van der Waals surface area contributed by atoms with Crippen LogP contribution >= 0.6 is 0 Å². The topological polar surface area (TPSA) is 29.3 Å². The van der Waals surface area contributed by atoms with Gasteiger partial charge in [0.1, 0.15) is 0 Å².